The van der Waals surface area contributed by atoms with Crippen LogP contribution in [0.4, 0.5) is 37.7 Å². The molecule has 106 valence electrons. The maximum Gasteiger partial charge on any atom is 0.471 e. The van der Waals surface area contributed by atoms with Crippen LogP contribution in [0.3, 0.4) is 0 Å². The Labute approximate surface area is 110 Å². The van der Waals surface area contributed by atoms with Crippen molar-refractivity contribution in [1.82, 2.24) is 0 Å². The van der Waals surface area contributed by atoms with E-state index in [1.807, 2.05) is 0 Å². The second-order valence-corrected chi connectivity index (χ2v) is 4.22. The molecule has 3 nitrogen and oxygen atoms in total. The van der Waals surface area contributed by atoms with Gasteiger partial charge in [0.1, 0.15) is 0 Å². The lowest BCUT2D eigenvalue weighted by atomic mass is 10.1. The lowest BCUT2D eigenvalue weighted by molar-refractivity contribution is -0.167. The molecule has 1 rings (SSSR count). The van der Waals surface area contributed by atoms with Crippen molar-refractivity contribution in [2.24, 2.45) is 0 Å². The molecule has 0 heterocycles. The topological polar surface area (TPSA) is 55.1 Å². The number of alkyl halides is 6. The quantitative estimate of drug-likeness (QED) is 0.601. The van der Waals surface area contributed by atoms with E-state index >= 15 is 0 Å². The average molecular weight is 351 g/mol. The monoisotopic (exact) mass is 350 g/mol. The molecule has 0 unspecified atom stereocenters. The van der Waals surface area contributed by atoms with Crippen molar-refractivity contribution >= 4 is 33.2 Å². The van der Waals surface area contributed by atoms with Gasteiger partial charge in [0.2, 0.25) is 0 Å². The molecule has 0 aromatic heterocycles. The number of nitrogens with two attached hydrogens (primary N) is 1. The van der Waals surface area contributed by atoms with Crippen molar-refractivity contribution in [3.63, 3.8) is 0 Å². The van der Waals surface area contributed by atoms with E-state index < -0.39 is 39.7 Å². The van der Waals surface area contributed by atoms with Crippen molar-refractivity contribution in [2.75, 3.05) is 11.1 Å². The fourth-order valence-corrected chi connectivity index (χ4v) is 1.69. The van der Waals surface area contributed by atoms with Crippen LogP contribution in [0.2, 0.25) is 0 Å². The van der Waals surface area contributed by atoms with E-state index in [2.05, 4.69) is 15.9 Å². The SMILES string of the molecule is Nc1cc(Br)c(C(F)(F)F)cc1NC(=O)C(F)(F)F. The highest BCUT2D eigenvalue weighted by Gasteiger charge is 2.40. The van der Waals surface area contributed by atoms with Gasteiger partial charge in [0.05, 0.1) is 16.9 Å². The van der Waals surface area contributed by atoms with E-state index in [9.17, 15) is 31.1 Å². The van der Waals surface area contributed by atoms with E-state index in [-0.39, 0.29) is 0 Å². The minimum Gasteiger partial charge on any atom is -0.397 e. The molecule has 0 bridgehead atoms. The summed E-state index contributed by atoms with van der Waals surface area (Å²) in [7, 11) is 0. The zero-order valence-corrected chi connectivity index (χ0v) is 10.4. The van der Waals surface area contributed by atoms with E-state index in [0.29, 0.717) is 6.07 Å². The fourth-order valence-electron chi connectivity index (χ4n) is 1.11. The van der Waals surface area contributed by atoms with Crippen molar-refractivity contribution in [1.29, 1.82) is 0 Å². The summed E-state index contributed by atoms with van der Waals surface area (Å²) in [6, 6.07) is 1.08. The molecule has 0 aliphatic carbocycles. The zero-order valence-electron chi connectivity index (χ0n) is 8.79. The van der Waals surface area contributed by atoms with Crippen molar-refractivity contribution in [3.05, 3.63) is 22.2 Å². The largest absolute Gasteiger partial charge is 0.471 e. The number of nitrogen functional groups attached to an aromatic ring is 1. The standard InChI is InChI=1S/C9H5BrF6N2O/c10-4-2-5(17)6(1-3(4)8(11,12)13)18-7(19)9(14,15)16/h1-2H,17H2,(H,18,19). The van der Waals surface area contributed by atoms with Gasteiger partial charge in [0.15, 0.2) is 0 Å². The molecular formula is C9H5BrF6N2O. The summed E-state index contributed by atoms with van der Waals surface area (Å²) in [5.74, 6) is -2.41. The average Bonchev–Trinajstić information content (AvgIpc) is 2.18. The van der Waals surface area contributed by atoms with Gasteiger partial charge >= 0.3 is 18.3 Å². The number of nitrogens with one attached hydrogen (secondary N) is 1. The third-order valence-corrected chi connectivity index (χ3v) is 2.61. The Morgan fingerprint density at radius 2 is 1.68 bits per heavy atom. The van der Waals surface area contributed by atoms with Crippen LogP contribution in [-0.4, -0.2) is 12.1 Å². The molecule has 0 atom stereocenters. The first-order chi connectivity index (χ1) is 8.43. The van der Waals surface area contributed by atoms with Gasteiger partial charge in [-0.05, 0) is 12.1 Å². The van der Waals surface area contributed by atoms with Gasteiger partial charge in [0, 0.05) is 4.47 Å². The van der Waals surface area contributed by atoms with Crippen LogP contribution in [-0.2, 0) is 11.0 Å². The molecule has 1 aromatic rings. The highest BCUT2D eigenvalue weighted by molar-refractivity contribution is 9.10. The van der Waals surface area contributed by atoms with Crippen molar-refractivity contribution < 1.29 is 31.1 Å². The van der Waals surface area contributed by atoms with Crippen LogP contribution >= 0.6 is 15.9 Å². The molecule has 0 spiro atoms. The molecule has 0 saturated heterocycles. The summed E-state index contributed by atoms with van der Waals surface area (Å²) in [4.78, 5) is 10.6. The fraction of sp³-hybridized carbons (Fsp3) is 0.222. The van der Waals surface area contributed by atoms with E-state index in [1.54, 1.807) is 0 Å². The highest BCUT2D eigenvalue weighted by Crippen LogP contribution is 2.39. The Bertz CT molecular complexity index is 511. The Morgan fingerprint density at radius 3 is 2.11 bits per heavy atom. The molecule has 0 saturated carbocycles. The Morgan fingerprint density at radius 1 is 1.16 bits per heavy atom. The number of benzene rings is 1. The van der Waals surface area contributed by atoms with Crippen LogP contribution in [0, 0.1) is 0 Å². The number of anilines is 2. The third kappa shape index (κ3) is 3.75. The Hall–Kier alpha value is -1.45. The molecular weight excluding hydrogens is 346 g/mol. The van der Waals surface area contributed by atoms with Gasteiger partial charge in [-0.15, -0.1) is 0 Å². The number of hydrogen-bond donors (Lipinski definition) is 2. The first kappa shape index (κ1) is 15.6. The van der Waals surface area contributed by atoms with Crippen LogP contribution in [0.25, 0.3) is 0 Å². The first-order valence-electron chi connectivity index (χ1n) is 4.47. The van der Waals surface area contributed by atoms with Gasteiger partial charge in [0.25, 0.3) is 0 Å². The van der Waals surface area contributed by atoms with Gasteiger partial charge in [-0.25, -0.2) is 0 Å². The van der Waals surface area contributed by atoms with Crippen molar-refractivity contribution in [3.8, 4) is 0 Å². The maximum absolute atomic E-state index is 12.5. The highest BCUT2D eigenvalue weighted by atomic mass is 79.9. The summed E-state index contributed by atoms with van der Waals surface area (Å²) in [5, 5.41) is 1.28. The second kappa shape index (κ2) is 4.91. The van der Waals surface area contributed by atoms with Gasteiger partial charge < -0.3 is 11.1 Å². The van der Waals surface area contributed by atoms with E-state index in [1.165, 1.54) is 5.32 Å². The molecule has 1 amide bonds. The van der Waals surface area contributed by atoms with Crippen LogP contribution < -0.4 is 11.1 Å². The molecule has 0 aliphatic rings. The van der Waals surface area contributed by atoms with Crippen molar-refractivity contribution in [2.45, 2.75) is 12.4 Å². The smallest absolute Gasteiger partial charge is 0.397 e. The van der Waals surface area contributed by atoms with Gasteiger partial charge in [-0.1, -0.05) is 15.9 Å². The Balaban J connectivity index is 3.20. The molecule has 0 radical (unpaired) electrons. The van der Waals surface area contributed by atoms with E-state index in [0.717, 1.165) is 6.07 Å². The second-order valence-electron chi connectivity index (χ2n) is 3.37. The predicted molar refractivity (Wildman–Crippen MR) is 58.2 cm³/mol. The molecule has 10 heteroatoms. The van der Waals surface area contributed by atoms with E-state index in [4.69, 9.17) is 5.73 Å². The molecule has 0 aliphatic heterocycles. The molecule has 3 N–H and O–H groups in total. The molecule has 19 heavy (non-hydrogen) atoms. The Kier molecular flexibility index (Phi) is 4.03. The minimum atomic E-state index is -5.22. The normalized spacial score (nSPS) is 12.4. The lowest BCUT2D eigenvalue weighted by Crippen LogP contribution is -2.30. The zero-order chi connectivity index (χ0) is 15.0. The number of carbonyl (C=O) groups is 1. The van der Waals surface area contributed by atoms with Crippen LogP contribution in [0.1, 0.15) is 5.56 Å². The predicted octanol–water partition coefficient (Wildman–Crippen LogP) is 3.55. The minimum absolute atomic E-state index is 0.322. The maximum atomic E-state index is 12.5. The first-order valence-corrected chi connectivity index (χ1v) is 5.26. The number of halogens is 7. The number of amides is 1. The summed E-state index contributed by atoms with van der Waals surface area (Å²) in [5.41, 5.74) is 2.80. The van der Waals surface area contributed by atoms with Crippen LogP contribution in [0.15, 0.2) is 16.6 Å². The number of hydrogen-bond acceptors (Lipinski definition) is 2. The summed E-state index contributed by atoms with van der Waals surface area (Å²) in [6.07, 6.45) is -10.0. The molecule has 1 aromatic carbocycles. The number of rotatable bonds is 1. The summed E-state index contributed by atoms with van der Waals surface area (Å²) >= 11 is 2.59. The van der Waals surface area contributed by atoms with Crippen LogP contribution in [0.5, 0.6) is 0 Å². The summed E-state index contributed by atoms with van der Waals surface area (Å²) < 4.78 is 73.1. The lowest BCUT2D eigenvalue weighted by Gasteiger charge is -2.15. The van der Waals surface area contributed by atoms with Gasteiger partial charge in [-0.2, -0.15) is 26.3 Å². The molecule has 0 fully saturated rings. The van der Waals surface area contributed by atoms with Gasteiger partial charge in [-0.3, -0.25) is 4.79 Å². The number of carbonyl (C=O) groups excluding carboxylic acids is 1. The summed E-state index contributed by atoms with van der Waals surface area (Å²) in [6.45, 7) is 0. The third-order valence-electron chi connectivity index (χ3n) is 1.95.